The Balaban J connectivity index is 0.000000318. The van der Waals surface area contributed by atoms with Crippen molar-refractivity contribution >= 4 is 34.6 Å². The Hall–Kier alpha value is -1.95. The summed E-state index contributed by atoms with van der Waals surface area (Å²) in [5.74, 6) is -2.87. The van der Waals surface area contributed by atoms with Crippen LogP contribution in [0, 0.1) is 5.92 Å². The van der Waals surface area contributed by atoms with Crippen LogP contribution < -0.4 is 0 Å². The predicted octanol–water partition coefficient (Wildman–Crippen LogP) is 3.32. The zero-order valence-corrected chi connectivity index (χ0v) is 17.3. The molecule has 0 unspecified atom stereocenters. The Morgan fingerprint density at radius 2 is 1.57 bits per heavy atom. The summed E-state index contributed by atoms with van der Waals surface area (Å²) in [6.07, 6.45) is -3.03. The van der Waals surface area contributed by atoms with Crippen LogP contribution in [0.4, 0.5) is 13.2 Å². The monoisotopic (exact) mass is 463 g/mol. The molecule has 2 aromatic heterocycles. The molecule has 1 atom stereocenters. The summed E-state index contributed by atoms with van der Waals surface area (Å²) < 4.78 is 37.6. The molecule has 3 aliphatic heterocycles. The number of hydrogen-bond donors (Lipinski definition) is 2. The first-order valence-electron chi connectivity index (χ1n) is 9.16. The van der Waals surface area contributed by atoms with Gasteiger partial charge < -0.3 is 14.9 Å². The van der Waals surface area contributed by atoms with E-state index in [1.54, 1.807) is 12.1 Å². The number of aliphatic carboxylic acids is 1. The van der Waals surface area contributed by atoms with Crippen LogP contribution >= 0.6 is 22.7 Å². The molecule has 0 amide bonds. The van der Waals surface area contributed by atoms with Gasteiger partial charge in [0.25, 0.3) is 0 Å². The molecular weight excluding hydrogens is 443 g/mol. The number of aliphatic hydroxyl groups is 1. The van der Waals surface area contributed by atoms with Crippen LogP contribution in [0.1, 0.15) is 22.6 Å². The number of alkyl halides is 3. The highest BCUT2D eigenvalue weighted by Gasteiger charge is 2.46. The second-order valence-corrected chi connectivity index (χ2v) is 8.95. The lowest BCUT2D eigenvalue weighted by Crippen LogP contribution is -2.53. The molecule has 3 fully saturated rings. The first kappa shape index (κ1) is 22.7. The number of carboxylic acid groups (broad SMARTS) is 1. The Morgan fingerprint density at radius 3 is 1.90 bits per heavy atom. The second-order valence-electron chi connectivity index (χ2n) is 7.05. The SMILES string of the molecule is O=C(O)C(F)(F)F.O=C(O[C@H]1CN2CCC1CC2)C(O)(c1cccs1)c1cccs1. The summed E-state index contributed by atoms with van der Waals surface area (Å²) in [6.45, 7) is 2.99. The van der Waals surface area contributed by atoms with Crippen LogP contribution in [-0.4, -0.2) is 59.0 Å². The Morgan fingerprint density at radius 1 is 1.07 bits per heavy atom. The number of esters is 1. The van der Waals surface area contributed by atoms with Gasteiger partial charge in [-0.1, -0.05) is 12.1 Å². The molecule has 0 saturated carbocycles. The van der Waals surface area contributed by atoms with Gasteiger partial charge in [0, 0.05) is 6.54 Å². The van der Waals surface area contributed by atoms with Gasteiger partial charge in [-0.15, -0.1) is 22.7 Å². The maximum absolute atomic E-state index is 12.9. The number of hydrogen-bond acceptors (Lipinski definition) is 7. The summed E-state index contributed by atoms with van der Waals surface area (Å²) in [5, 5.41) is 22.1. The lowest BCUT2D eigenvalue weighted by atomic mass is 9.85. The van der Waals surface area contributed by atoms with E-state index < -0.39 is 23.7 Å². The summed E-state index contributed by atoms with van der Waals surface area (Å²) in [4.78, 5) is 25.4. The standard InChI is InChI=1S/C17H19NO3S2.C2HF3O2/c19-16(21-13-11-18-7-5-12(13)6-8-18)17(20,14-3-1-9-22-14)15-4-2-10-23-15;3-2(4,5)1(6)7/h1-4,9-10,12-13,20H,5-8,11H2;(H,6,7)/t13-;/m0./s1. The minimum absolute atomic E-state index is 0.101. The summed E-state index contributed by atoms with van der Waals surface area (Å²) in [6, 6.07) is 7.28. The molecule has 6 nitrogen and oxygen atoms in total. The van der Waals surface area contributed by atoms with Gasteiger partial charge in [0.05, 0.1) is 9.75 Å². The fourth-order valence-electron chi connectivity index (χ4n) is 3.56. The van der Waals surface area contributed by atoms with E-state index in [1.165, 1.54) is 22.7 Å². The number of carbonyl (C=O) groups excluding carboxylic acids is 1. The van der Waals surface area contributed by atoms with Crippen molar-refractivity contribution in [2.45, 2.75) is 30.7 Å². The highest BCUT2D eigenvalue weighted by molar-refractivity contribution is 7.12. The van der Waals surface area contributed by atoms with E-state index in [0.717, 1.165) is 32.5 Å². The number of fused-ring (bicyclic) bond motifs is 3. The fraction of sp³-hybridized carbons (Fsp3) is 0.474. The molecule has 164 valence electrons. The van der Waals surface area contributed by atoms with Gasteiger partial charge in [0.15, 0.2) is 0 Å². The Bertz CT molecular complexity index is 812. The average molecular weight is 463 g/mol. The number of piperidine rings is 3. The van der Waals surface area contributed by atoms with E-state index >= 15 is 0 Å². The number of thiophene rings is 2. The van der Waals surface area contributed by atoms with E-state index in [9.17, 15) is 23.1 Å². The third kappa shape index (κ3) is 4.85. The van der Waals surface area contributed by atoms with Crippen LogP contribution in [0.3, 0.4) is 0 Å². The maximum atomic E-state index is 12.9. The lowest BCUT2D eigenvalue weighted by Gasteiger charge is -2.44. The van der Waals surface area contributed by atoms with Gasteiger partial charge in [-0.2, -0.15) is 13.2 Å². The zero-order valence-electron chi connectivity index (χ0n) is 15.7. The molecule has 0 aromatic carbocycles. The van der Waals surface area contributed by atoms with Crippen LogP contribution in [0.5, 0.6) is 0 Å². The van der Waals surface area contributed by atoms with E-state index in [4.69, 9.17) is 14.6 Å². The van der Waals surface area contributed by atoms with Gasteiger partial charge in [0.2, 0.25) is 5.60 Å². The minimum Gasteiger partial charge on any atom is -0.475 e. The molecule has 30 heavy (non-hydrogen) atoms. The number of rotatable bonds is 4. The normalized spacial score (nSPS) is 23.4. The first-order valence-corrected chi connectivity index (χ1v) is 10.9. The lowest BCUT2D eigenvalue weighted by molar-refractivity contribution is -0.192. The molecule has 0 radical (unpaired) electrons. The van der Waals surface area contributed by atoms with E-state index in [-0.39, 0.29) is 6.10 Å². The summed E-state index contributed by atoms with van der Waals surface area (Å²) >= 11 is 2.76. The van der Waals surface area contributed by atoms with Crippen LogP contribution in [-0.2, 0) is 19.9 Å². The highest BCUT2D eigenvalue weighted by Crippen LogP contribution is 2.38. The quantitative estimate of drug-likeness (QED) is 0.677. The summed E-state index contributed by atoms with van der Waals surface area (Å²) in [7, 11) is 0. The van der Waals surface area contributed by atoms with Gasteiger partial charge in [-0.3, -0.25) is 4.90 Å². The first-order chi connectivity index (χ1) is 14.1. The maximum Gasteiger partial charge on any atom is 0.490 e. The van der Waals surface area contributed by atoms with E-state index in [1.807, 2.05) is 22.9 Å². The molecular formula is C19H20F3NO5S2. The second kappa shape index (κ2) is 9.04. The largest absolute Gasteiger partial charge is 0.490 e. The number of ether oxygens (including phenoxy) is 1. The molecule has 3 saturated heterocycles. The van der Waals surface area contributed by atoms with Crippen molar-refractivity contribution in [3.05, 3.63) is 44.8 Å². The molecule has 3 aliphatic rings. The molecule has 2 aromatic rings. The zero-order chi connectivity index (χ0) is 21.9. The van der Waals surface area contributed by atoms with Crippen LogP contribution in [0.2, 0.25) is 0 Å². The minimum atomic E-state index is -5.08. The van der Waals surface area contributed by atoms with Gasteiger partial charge in [0.1, 0.15) is 6.10 Å². The van der Waals surface area contributed by atoms with Crippen molar-refractivity contribution in [1.29, 1.82) is 0 Å². The van der Waals surface area contributed by atoms with Gasteiger partial charge in [-0.25, -0.2) is 9.59 Å². The molecule has 5 heterocycles. The number of nitrogens with zero attached hydrogens (tertiary/aromatic N) is 1. The van der Waals surface area contributed by atoms with Crippen molar-refractivity contribution in [3.63, 3.8) is 0 Å². The molecule has 2 bridgehead atoms. The Labute approximate surface area is 178 Å². The van der Waals surface area contributed by atoms with Crippen LogP contribution in [0.25, 0.3) is 0 Å². The predicted molar refractivity (Wildman–Crippen MR) is 104 cm³/mol. The van der Waals surface area contributed by atoms with Crippen molar-refractivity contribution in [3.8, 4) is 0 Å². The molecule has 5 rings (SSSR count). The summed E-state index contributed by atoms with van der Waals surface area (Å²) in [5.41, 5.74) is -1.69. The van der Waals surface area contributed by atoms with Crippen molar-refractivity contribution < 1.29 is 37.7 Å². The smallest absolute Gasteiger partial charge is 0.475 e. The van der Waals surface area contributed by atoms with E-state index in [2.05, 4.69) is 4.90 Å². The van der Waals surface area contributed by atoms with Crippen LogP contribution in [0.15, 0.2) is 35.0 Å². The molecule has 0 aliphatic carbocycles. The number of carboxylic acids is 1. The number of halogens is 3. The highest BCUT2D eigenvalue weighted by atomic mass is 32.1. The average Bonchev–Trinajstić information content (AvgIpc) is 3.42. The van der Waals surface area contributed by atoms with Gasteiger partial charge >= 0.3 is 18.1 Å². The molecule has 0 spiro atoms. The fourth-order valence-corrected chi connectivity index (χ4v) is 5.27. The van der Waals surface area contributed by atoms with Crippen molar-refractivity contribution in [2.75, 3.05) is 19.6 Å². The third-order valence-corrected chi connectivity index (χ3v) is 7.11. The van der Waals surface area contributed by atoms with Crippen molar-refractivity contribution in [1.82, 2.24) is 4.90 Å². The van der Waals surface area contributed by atoms with Gasteiger partial charge in [-0.05, 0) is 54.7 Å². The molecule has 11 heteroatoms. The van der Waals surface area contributed by atoms with Crippen molar-refractivity contribution in [2.24, 2.45) is 5.92 Å². The number of carbonyl (C=O) groups is 2. The third-order valence-electron chi connectivity index (χ3n) is 5.15. The topological polar surface area (TPSA) is 87.1 Å². The van der Waals surface area contributed by atoms with E-state index in [0.29, 0.717) is 15.7 Å². The molecule has 2 N–H and O–H groups in total. The Kier molecular flexibility index (Phi) is 6.85.